The molecule has 6 heteroatoms. The summed E-state index contributed by atoms with van der Waals surface area (Å²) in [6, 6.07) is 0.451. The van der Waals surface area contributed by atoms with Crippen molar-refractivity contribution in [2.75, 3.05) is 38.3 Å². The van der Waals surface area contributed by atoms with Gasteiger partial charge >= 0.3 is 0 Å². The lowest BCUT2D eigenvalue weighted by atomic mass is 10.1. The molecule has 1 aliphatic rings. The molecule has 1 aromatic rings. The molecule has 5 nitrogen and oxygen atoms in total. The molecular weight excluding hydrogens is 274 g/mol. The van der Waals surface area contributed by atoms with E-state index >= 15 is 0 Å². The largest absolute Gasteiger partial charge is 0.383 e. The fourth-order valence-electron chi connectivity index (χ4n) is 2.31. The molecule has 20 heavy (non-hydrogen) atoms. The van der Waals surface area contributed by atoms with Gasteiger partial charge in [0.25, 0.3) is 0 Å². The number of rotatable bonds is 7. The van der Waals surface area contributed by atoms with Crippen molar-refractivity contribution in [3.8, 4) is 0 Å². The Kier molecular flexibility index (Phi) is 6.22. The van der Waals surface area contributed by atoms with Gasteiger partial charge in [-0.3, -0.25) is 0 Å². The first-order valence-electron chi connectivity index (χ1n) is 7.27. The normalized spacial score (nSPS) is 23.2. The Hall–Kier alpha value is -0.690. The van der Waals surface area contributed by atoms with Crippen molar-refractivity contribution in [1.82, 2.24) is 10.3 Å². The molecule has 0 spiro atoms. The highest BCUT2D eigenvalue weighted by Crippen LogP contribution is 2.28. The first-order chi connectivity index (χ1) is 9.74. The zero-order valence-electron chi connectivity index (χ0n) is 12.6. The van der Waals surface area contributed by atoms with Crippen LogP contribution in [0.3, 0.4) is 0 Å². The van der Waals surface area contributed by atoms with Gasteiger partial charge in [0.2, 0.25) is 0 Å². The summed E-state index contributed by atoms with van der Waals surface area (Å²) in [6.07, 6.45) is 3.35. The van der Waals surface area contributed by atoms with Crippen LogP contribution in [0.2, 0.25) is 0 Å². The molecule has 1 saturated heterocycles. The molecule has 1 N–H and O–H groups in total. The Morgan fingerprint density at radius 1 is 1.60 bits per heavy atom. The third-order valence-electron chi connectivity index (χ3n) is 3.51. The Bertz CT molecular complexity index is 400. The third kappa shape index (κ3) is 4.15. The van der Waals surface area contributed by atoms with Gasteiger partial charge in [-0.2, -0.15) is 0 Å². The summed E-state index contributed by atoms with van der Waals surface area (Å²) in [5.74, 6) is 0. The lowest BCUT2D eigenvalue weighted by Crippen LogP contribution is -2.48. The molecule has 2 rings (SSSR count). The Balaban J connectivity index is 1.92. The van der Waals surface area contributed by atoms with Gasteiger partial charge in [-0.1, -0.05) is 6.92 Å². The second kappa shape index (κ2) is 7.93. The number of morpholine rings is 1. The number of anilines is 1. The Morgan fingerprint density at radius 3 is 3.20 bits per heavy atom. The highest BCUT2D eigenvalue weighted by molar-refractivity contribution is 7.15. The molecule has 1 fully saturated rings. The summed E-state index contributed by atoms with van der Waals surface area (Å²) in [5.41, 5.74) is 0. The van der Waals surface area contributed by atoms with Gasteiger partial charge in [0, 0.05) is 37.8 Å². The van der Waals surface area contributed by atoms with E-state index in [1.165, 1.54) is 4.88 Å². The summed E-state index contributed by atoms with van der Waals surface area (Å²) in [4.78, 5) is 8.26. The van der Waals surface area contributed by atoms with E-state index in [4.69, 9.17) is 9.47 Å². The van der Waals surface area contributed by atoms with Crippen molar-refractivity contribution in [1.29, 1.82) is 0 Å². The SMILES string of the molecule is CCC1COC(C)CN1c1ncc(CNCCOC)s1. The number of aromatic nitrogens is 1. The molecular formula is C14H25N3O2S. The van der Waals surface area contributed by atoms with E-state index in [9.17, 15) is 0 Å². The van der Waals surface area contributed by atoms with Gasteiger partial charge in [0.15, 0.2) is 5.13 Å². The minimum atomic E-state index is 0.282. The number of methoxy groups -OCH3 is 1. The van der Waals surface area contributed by atoms with Crippen LogP contribution in [0.1, 0.15) is 25.1 Å². The van der Waals surface area contributed by atoms with Crippen LogP contribution >= 0.6 is 11.3 Å². The molecule has 0 saturated carbocycles. The Morgan fingerprint density at radius 2 is 2.45 bits per heavy atom. The van der Waals surface area contributed by atoms with Crippen LogP contribution in [0, 0.1) is 0 Å². The van der Waals surface area contributed by atoms with Gasteiger partial charge in [0.05, 0.1) is 25.4 Å². The van der Waals surface area contributed by atoms with Crippen LogP contribution in [0.15, 0.2) is 6.20 Å². The van der Waals surface area contributed by atoms with E-state index in [2.05, 4.69) is 29.0 Å². The molecule has 0 aliphatic carbocycles. The Labute approximate surface area is 125 Å². The predicted molar refractivity (Wildman–Crippen MR) is 82.5 cm³/mol. The van der Waals surface area contributed by atoms with E-state index in [1.54, 1.807) is 18.4 Å². The maximum absolute atomic E-state index is 5.74. The fraction of sp³-hybridized carbons (Fsp3) is 0.786. The number of nitrogens with one attached hydrogen (secondary N) is 1. The van der Waals surface area contributed by atoms with Gasteiger partial charge in [-0.15, -0.1) is 11.3 Å². The molecule has 0 bridgehead atoms. The van der Waals surface area contributed by atoms with Crippen LogP contribution in [0.25, 0.3) is 0 Å². The van der Waals surface area contributed by atoms with Crippen molar-refractivity contribution >= 4 is 16.5 Å². The maximum atomic E-state index is 5.74. The van der Waals surface area contributed by atoms with Crippen molar-refractivity contribution in [3.05, 3.63) is 11.1 Å². The number of ether oxygens (including phenoxy) is 2. The topological polar surface area (TPSA) is 46.6 Å². The lowest BCUT2D eigenvalue weighted by molar-refractivity contribution is 0.0299. The van der Waals surface area contributed by atoms with E-state index in [1.807, 2.05) is 6.20 Å². The molecule has 0 radical (unpaired) electrons. The molecule has 0 amide bonds. The molecule has 1 aromatic heterocycles. The smallest absolute Gasteiger partial charge is 0.185 e. The second-order valence-corrected chi connectivity index (χ2v) is 6.23. The van der Waals surface area contributed by atoms with Crippen molar-refractivity contribution in [2.45, 2.75) is 39.0 Å². The summed E-state index contributed by atoms with van der Waals surface area (Å²) in [6.45, 7) is 8.54. The molecule has 0 aromatic carbocycles. The van der Waals surface area contributed by atoms with Gasteiger partial charge in [-0.25, -0.2) is 4.98 Å². The summed E-state index contributed by atoms with van der Waals surface area (Å²) in [7, 11) is 1.72. The maximum Gasteiger partial charge on any atom is 0.185 e. The van der Waals surface area contributed by atoms with E-state index in [-0.39, 0.29) is 6.10 Å². The van der Waals surface area contributed by atoms with E-state index < -0.39 is 0 Å². The number of hydrogen-bond donors (Lipinski definition) is 1. The molecule has 2 atom stereocenters. The highest BCUT2D eigenvalue weighted by atomic mass is 32.1. The number of nitrogens with zero attached hydrogens (tertiary/aromatic N) is 2. The number of thiazole rings is 1. The first kappa shape index (κ1) is 15.7. The molecule has 1 aliphatic heterocycles. The van der Waals surface area contributed by atoms with E-state index in [0.29, 0.717) is 6.04 Å². The lowest BCUT2D eigenvalue weighted by Gasteiger charge is -2.38. The summed E-state index contributed by atoms with van der Waals surface area (Å²) < 4.78 is 10.8. The molecule has 114 valence electrons. The predicted octanol–water partition coefficient (Wildman–Crippen LogP) is 1.88. The van der Waals surface area contributed by atoms with Crippen LogP contribution in [0.4, 0.5) is 5.13 Å². The van der Waals surface area contributed by atoms with Crippen molar-refractivity contribution < 1.29 is 9.47 Å². The summed E-state index contributed by atoms with van der Waals surface area (Å²) >= 11 is 1.77. The van der Waals surface area contributed by atoms with E-state index in [0.717, 1.165) is 44.4 Å². The molecule has 2 heterocycles. The van der Waals surface area contributed by atoms with Crippen LogP contribution in [-0.4, -0.2) is 50.5 Å². The zero-order chi connectivity index (χ0) is 14.4. The third-order valence-corrected chi connectivity index (χ3v) is 4.54. The van der Waals surface area contributed by atoms with Gasteiger partial charge < -0.3 is 19.7 Å². The van der Waals surface area contributed by atoms with Crippen LogP contribution in [-0.2, 0) is 16.0 Å². The minimum absolute atomic E-state index is 0.282. The zero-order valence-corrected chi connectivity index (χ0v) is 13.4. The van der Waals surface area contributed by atoms with Gasteiger partial charge in [0.1, 0.15) is 0 Å². The van der Waals surface area contributed by atoms with Gasteiger partial charge in [-0.05, 0) is 13.3 Å². The monoisotopic (exact) mass is 299 g/mol. The molecule has 2 unspecified atom stereocenters. The average Bonchev–Trinajstić information content (AvgIpc) is 2.92. The minimum Gasteiger partial charge on any atom is -0.383 e. The quantitative estimate of drug-likeness (QED) is 0.779. The number of hydrogen-bond acceptors (Lipinski definition) is 6. The first-order valence-corrected chi connectivity index (χ1v) is 8.08. The van der Waals surface area contributed by atoms with Crippen molar-refractivity contribution in [3.63, 3.8) is 0 Å². The fourth-order valence-corrected chi connectivity index (χ4v) is 3.27. The second-order valence-electron chi connectivity index (χ2n) is 5.14. The average molecular weight is 299 g/mol. The van der Waals surface area contributed by atoms with Crippen LogP contribution < -0.4 is 10.2 Å². The standard InChI is InChI=1S/C14H25N3O2S/c1-4-12-10-19-11(2)9-17(12)14-16-8-13(20-14)7-15-5-6-18-3/h8,11-12,15H,4-7,9-10H2,1-3H3. The summed E-state index contributed by atoms with van der Waals surface area (Å²) in [5, 5.41) is 4.48. The van der Waals surface area contributed by atoms with Crippen molar-refractivity contribution in [2.24, 2.45) is 0 Å². The van der Waals surface area contributed by atoms with Crippen LogP contribution in [0.5, 0.6) is 0 Å². The highest BCUT2D eigenvalue weighted by Gasteiger charge is 2.27.